The number of ketones is 1. The summed E-state index contributed by atoms with van der Waals surface area (Å²) in [7, 11) is 0. The summed E-state index contributed by atoms with van der Waals surface area (Å²) in [5.41, 5.74) is 1.97. The molecule has 0 amide bonds. The summed E-state index contributed by atoms with van der Waals surface area (Å²) in [5, 5.41) is 1.09. The number of fused-ring (bicyclic) bond motifs is 3. The molecule has 0 saturated heterocycles. The molecule has 1 aliphatic heterocycles. The molecule has 1 aromatic heterocycles. The molecule has 0 radical (unpaired) electrons. The minimum absolute atomic E-state index is 0.245. The Labute approximate surface area is 93.6 Å². The fourth-order valence-corrected chi connectivity index (χ4v) is 2.32. The fraction of sp³-hybridized carbons (Fsp3) is 0.308. The summed E-state index contributed by atoms with van der Waals surface area (Å²) in [4.78, 5) is 11.6. The molecular formula is C13H13NO2. The molecular weight excluding hydrogens is 202 g/mol. The van der Waals surface area contributed by atoms with Gasteiger partial charge in [-0.2, -0.15) is 0 Å². The predicted molar refractivity (Wildman–Crippen MR) is 62.1 cm³/mol. The highest BCUT2D eigenvalue weighted by Gasteiger charge is 2.21. The lowest BCUT2D eigenvalue weighted by molar-refractivity contribution is 0.0994. The first-order chi connectivity index (χ1) is 7.79. The van der Waals surface area contributed by atoms with Crippen LogP contribution in [0.1, 0.15) is 23.8 Å². The molecule has 0 fully saturated rings. The van der Waals surface area contributed by atoms with Gasteiger partial charge in [0, 0.05) is 23.9 Å². The summed E-state index contributed by atoms with van der Waals surface area (Å²) < 4.78 is 7.54. The van der Waals surface area contributed by atoms with E-state index in [4.69, 9.17) is 4.74 Å². The normalized spacial score (nSPS) is 14.4. The number of carbonyl (C=O) groups is 1. The zero-order chi connectivity index (χ0) is 11.1. The van der Waals surface area contributed by atoms with Crippen molar-refractivity contribution in [2.24, 2.45) is 0 Å². The summed E-state index contributed by atoms with van der Waals surface area (Å²) >= 11 is 0. The van der Waals surface area contributed by atoms with Gasteiger partial charge in [0.1, 0.15) is 5.75 Å². The SMILES string of the molecule is CCOc1ccc2c(c1)cc1n2CCC1=O. The largest absolute Gasteiger partial charge is 0.494 e. The Balaban J connectivity index is 2.17. The lowest BCUT2D eigenvalue weighted by Gasteiger charge is -2.03. The van der Waals surface area contributed by atoms with Crippen LogP contribution >= 0.6 is 0 Å². The van der Waals surface area contributed by atoms with Crippen LogP contribution < -0.4 is 4.74 Å². The van der Waals surface area contributed by atoms with Crippen molar-refractivity contribution in [3.63, 3.8) is 0 Å². The highest BCUT2D eigenvalue weighted by atomic mass is 16.5. The Kier molecular flexibility index (Phi) is 1.99. The second-order valence-corrected chi connectivity index (χ2v) is 4.01. The van der Waals surface area contributed by atoms with Crippen molar-refractivity contribution >= 4 is 16.7 Å². The van der Waals surface area contributed by atoms with Crippen molar-refractivity contribution in [3.05, 3.63) is 30.0 Å². The van der Waals surface area contributed by atoms with Gasteiger partial charge >= 0.3 is 0 Å². The molecule has 16 heavy (non-hydrogen) atoms. The van der Waals surface area contributed by atoms with Gasteiger partial charge in [-0.3, -0.25) is 4.79 Å². The highest BCUT2D eigenvalue weighted by molar-refractivity contribution is 6.02. The maximum Gasteiger partial charge on any atom is 0.181 e. The van der Waals surface area contributed by atoms with Gasteiger partial charge in [0.05, 0.1) is 12.3 Å². The lowest BCUT2D eigenvalue weighted by atomic mass is 10.2. The Hall–Kier alpha value is -1.77. The number of Topliss-reactive ketones (excluding diaryl/α,β-unsaturated/α-hetero) is 1. The minimum atomic E-state index is 0.245. The number of rotatable bonds is 2. The number of hydrogen-bond donors (Lipinski definition) is 0. The highest BCUT2D eigenvalue weighted by Crippen LogP contribution is 2.28. The summed E-state index contributed by atoms with van der Waals surface area (Å²) in [6.45, 7) is 3.44. The molecule has 3 nitrogen and oxygen atoms in total. The molecule has 0 bridgehead atoms. The van der Waals surface area contributed by atoms with Gasteiger partial charge in [-0.1, -0.05) is 0 Å². The smallest absolute Gasteiger partial charge is 0.181 e. The Morgan fingerprint density at radius 1 is 1.38 bits per heavy atom. The Morgan fingerprint density at radius 2 is 2.25 bits per heavy atom. The molecule has 0 atom stereocenters. The zero-order valence-electron chi connectivity index (χ0n) is 9.19. The maximum atomic E-state index is 11.6. The van der Waals surface area contributed by atoms with Crippen molar-refractivity contribution in [3.8, 4) is 5.75 Å². The van der Waals surface area contributed by atoms with Crippen LogP contribution in [0.5, 0.6) is 5.75 Å². The first-order valence-corrected chi connectivity index (χ1v) is 5.59. The molecule has 1 aliphatic rings. The van der Waals surface area contributed by atoms with Crippen LogP contribution in [0.2, 0.25) is 0 Å². The molecule has 1 aromatic carbocycles. The van der Waals surface area contributed by atoms with Crippen LogP contribution in [0, 0.1) is 0 Å². The molecule has 0 aliphatic carbocycles. The first kappa shape index (κ1) is 9.46. The zero-order valence-corrected chi connectivity index (χ0v) is 9.19. The fourth-order valence-electron chi connectivity index (χ4n) is 2.32. The van der Waals surface area contributed by atoms with E-state index >= 15 is 0 Å². The number of ether oxygens (including phenoxy) is 1. The van der Waals surface area contributed by atoms with E-state index in [1.165, 1.54) is 0 Å². The van der Waals surface area contributed by atoms with Crippen molar-refractivity contribution in [2.75, 3.05) is 6.61 Å². The van der Waals surface area contributed by atoms with Crippen LogP contribution in [0.4, 0.5) is 0 Å². The second kappa shape index (κ2) is 3.37. The standard InChI is InChI=1S/C13H13NO2/c1-2-16-10-3-4-11-9(7-10)8-12-13(15)5-6-14(11)12/h3-4,7-8H,2,5-6H2,1H3. The number of benzene rings is 1. The third kappa shape index (κ3) is 1.24. The summed E-state index contributed by atoms with van der Waals surface area (Å²) in [5.74, 6) is 1.11. The second-order valence-electron chi connectivity index (χ2n) is 4.01. The van der Waals surface area contributed by atoms with Crippen molar-refractivity contribution in [2.45, 2.75) is 19.9 Å². The van der Waals surface area contributed by atoms with Gasteiger partial charge in [0.15, 0.2) is 5.78 Å². The number of aryl methyl sites for hydroxylation is 1. The molecule has 3 heteroatoms. The van der Waals surface area contributed by atoms with E-state index in [2.05, 4.69) is 4.57 Å². The number of nitrogens with zero attached hydrogens (tertiary/aromatic N) is 1. The van der Waals surface area contributed by atoms with Crippen molar-refractivity contribution in [1.82, 2.24) is 4.57 Å². The molecule has 0 saturated carbocycles. The van der Waals surface area contributed by atoms with E-state index < -0.39 is 0 Å². The van der Waals surface area contributed by atoms with Crippen LogP contribution in [0.3, 0.4) is 0 Å². The summed E-state index contributed by atoms with van der Waals surface area (Å²) in [6.07, 6.45) is 0.637. The minimum Gasteiger partial charge on any atom is -0.494 e. The van der Waals surface area contributed by atoms with Gasteiger partial charge in [0.25, 0.3) is 0 Å². The average Bonchev–Trinajstić information content (AvgIpc) is 2.79. The van der Waals surface area contributed by atoms with E-state index in [9.17, 15) is 4.79 Å². The van der Waals surface area contributed by atoms with Gasteiger partial charge in [-0.05, 0) is 31.2 Å². The molecule has 0 unspecified atom stereocenters. The molecule has 2 heterocycles. The quantitative estimate of drug-likeness (QED) is 0.771. The number of carbonyl (C=O) groups excluding carboxylic acids is 1. The van der Waals surface area contributed by atoms with Crippen LogP contribution in [0.25, 0.3) is 10.9 Å². The maximum absolute atomic E-state index is 11.6. The van der Waals surface area contributed by atoms with Crippen LogP contribution in [-0.4, -0.2) is 17.0 Å². The van der Waals surface area contributed by atoms with Gasteiger partial charge in [-0.15, -0.1) is 0 Å². The molecule has 0 N–H and O–H groups in total. The van der Waals surface area contributed by atoms with E-state index in [1.807, 2.05) is 31.2 Å². The number of hydrogen-bond acceptors (Lipinski definition) is 2. The molecule has 2 aromatic rings. The lowest BCUT2D eigenvalue weighted by Crippen LogP contribution is -1.93. The monoisotopic (exact) mass is 215 g/mol. The van der Waals surface area contributed by atoms with Crippen LogP contribution in [-0.2, 0) is 6.54 Å². The number of aromatic nitrogens is 1. The van der Waals surface area contributed by atoms with Gasteiger partial charge < -0.3 is 9.30 Å². The topological polar surface area (TPSA) is 31.2 Å². The summed E-state index contributed by atoms with van der Waals surface area (Å²) in [6, 6.07) is 7.95. The van der Waals surface area contributed by atoms with E-state index in [0.29, 0.717) is 13.0 Å². The third-order valence-corrected chi connectivity index (χ3v) is 3.03. The molecule has 0 spiro atoms. The van der Waals surface area contributed by atoms with E-state index in [1.54, 1.807) is 0 Å². The van der Waals surface area contributed by atoms with Gasteiger partial charge in [-0.25, -0.2) is 0 Å². The average molecular weight is 215 g/mol. The molecule has 3 rings (SSSR count). The van der Waals surface area contributed by atoms with Crippen molar-refractivity contribution < 1.29 is 9.53 Å². The first-order valence-electron chi connectivity index (χ1n) is 5.59. The van der Waals surface area contributed by atoms with Crippen LogP contribution in [0.15, 0.2) is 24.3 Å². The van der Waals surface area contributed by atoms with Gasteiger partial charge in [0.2, 0.25) is 0 Å². The van der Waals surface area contributed by atoms with E-state index in [0.717, 1.165) is 28.9 Å². The molecule has 82 valence electrons. The Morgan fingerprint density at radius 3 is 3.06 bits per heavy atom. The van der Waals surface area contributed by atoms with Crippen molar-refractivity contribution in [1.29, 1.82) is 0 Å². The Bertz CT molecular complexity index is 569. The third-order valence-electron chi connectivity index (χ3n) is 3.03. The van der Waals surface area contributed by atoms with E-state index in [-0.39, 0.29) is 5.78 Å². The predicted octanol–water partition coefficient (Wildman–Crippen LogP) is 2.63.